The topological polar surface area (TPSA) is 42.3 Å². The number of nitrogens with one attached hydrogen (secondary N) is 1. The van der Waals surface area contributed by atoms with Gasteiger partial charge < -0.3 is 19.5 Å². The molecule has 0 spiro atoms. The molecular formula is C26H23FN4OS. The molecule has 0 aliphatic carbocycles. The molecule has 1 saturated heterocycles. The van der Waals surface area contributed by atoms with E-state index in [2.05, 4.69) is 15.2 Å². The third kappa shape index (κ3) is 4.07. The highest BCUT2D eigenvalue weighted by Gasteiger charge is 2.41. The zero-order chi connectivity index (χ0) is 22.8. The fraction of sp³-hybridized carbons (Fsp3) is 0.154. The van der Waals surface area contributed by atoms with Gasteiger partial charge in [0.25, 0.3) is 0 Å². The van der Waals surface area contributed by atoms with Gasteiger partial charge in [-0.25, -0.2) is 4.39 Å². The standard InChI is InChI=1S/C26H23FN4OS/c1-32-19-13-11-18(12-14-19)17-31-25(24(29-26(31)33)21-8-4-5-15-28-21)23-10-6-16-30(23)22-9-3-2-7-20(22)27/h2-16,24-25H,17H2,1H3,(H,29,33)/t24-,25-/m0/s1. The Balaban J connectivity index is 1.59. The highest BCUT2D eigenvalue weighted by molar-refractivity contribution is 7.80. The van der Waals surface area contributed by atoms with Gasteiger partial charge in [-0.15, -0.1) is 0 Å². The Hall–Kier alpha value is -3.71. The van der Waals surface area contributed by atoms with Gasteiger partial charge in [-0.05, 0) is 66.3 Å². The van der Waals surface area contributed by atoms with Gasteiger partial charge in [-0.2, -0.15) is 0 Å². The smallest absolute Gasteiger partial charge is 0.170 e. The van der Waals surface area contributed by atoms with Gasteiger partial charge in [0.1, 0.15) is 11.6 Å². The lowest BCUT2D eigenvalue weighted by molar-refractivity contribution is 0.302. The maximum absolute atomic E-state index is 14.7. The zero-order valence-electron chi connectivity index (χ0n) is 18.1. The molecule has 0 unspecified atom stereocenters. The van der Waals surface area contributed by atoms with Gasteiger partial charge in [0.15, 0.2) is 5.11 Å². The molecule has 2 aromatic heterocycles. The summed E-state index contributed by atoms with van der Waals surface area (Å²) in [5, 5.41) is 4.09. The number of rotatable bonds is 6. The summed E-state index contributed by atoms with van der Waals surface area (Å²) < 4.78 is 21.9. The fourth-order valence-electron chi connectivity index (χ4n) is 4.33. The average molecular weight is 459 g/mol. The van der Waals surface area contributed by atoms with Crippen LogP contribution >= 0.6 is 12.2 Å². The summed E-state index contributed by atoms with van der Waals surface area (Å²) in [5.74, 6) is 0.525. The largest absolute Gasteiger partial charge is 0.497 e. The first-order chi connectivity index (χ1) is 16.2. The summed E-state index contributed by atoms with van der Waals surface area (Å²) in [6, 6.07) is 24.2. The van der Waals surface area contributed by atoms with Crippen LogP contribution in [-0.4, -0.2) is 26.7 Å². The lowest BCUT2D eigenvalue weighted by Crippen LogP contribution is -2.30. The first-order valence-electron chi connectivity index (χ1n) is 10.7. The summed E-state index contributed by atoms with van der Waals surface area (Å²) >= 11 is 5.78. The molecule has 1 N–H and O–H groups in total. The van der Waals surface area contributed by atoms with Crippen molar-refractivity contribution in [2.45, 2.75) is 18.6 Å². The minimum atomic E-state index is -0.278. The van der Waals surface area contributed by atoms with Gasteiger partial charge in [-0.3, -0.25) is 4.98 Å². The van der Waals surface area contributed by atoms with Crippen LogP contribution in [0.4, 0.5) is 4.39 Å². The molecule has 7 heteroatoms. The molecule has 4 aromatic rings. The Kier molecular flexibility index (Phi) is 5.79. The van der Waals surface area contributed by atoms with Crippen molar-refractivity contribution in [1.82, 2.24) is 19.8 Å². The number of ether oxygens (including phenoxy) is 1. The number of pyridine rings is 1. The van der Waals surface area contributed by atoms with Gasteiger partial charge in [0.05, 0.1) is 30.6 Å². The van der Waals surface area contributed by atoms with Crippen LogP contribution in [0.3, 0.4) is 0 Å². The maximum atomic E-state index is 14.7. The lowest BCUT2D eigenvalue weighted by atomic mass is 10.0. The van der Waals surface area contributed by atoms with Crippen molar-refractivity contribution in [1.29, 1.82) is 0 Å². The molecule has 0 radical (unpaired) electrons. The van der Waals surface area contributed by atoms with Crippen molar-refractivity contribution in [3.05, 3.63) is 114 Å². The molecule has 1 aliphatic heterocycles. The van der Waals surface area contributed by atoms with E-state index in [4.69, 9.17) is 17.0 Å². The minimum Gasteiger partial charge on any atom is -0.497 e. The van der Waals surface area contributed by atoms with Crippen LogP contribution in [0.5, 0.6) is 5.75 Å². The number of hydrogen-bond donors (Lipinski definition) is 1. The normalized spacial score (nSPS) is 17.8. The van der Waals surface area contributed by atoms with Crippen molar-refractivity contribution in [2.75, 3.05) is 7.11 Å². The van der Waals surface area contributed by atoms with E-state index in [-0.39, 0.29) is 17.9 Å². The van der Waals surface area contributed by atoms with Crippen molar-refractivity contribution in [2.24, 2.45) is 0 Å². The van der Waals surface area contributed by atoms with Gasteiger partial charge >= 0.3 is 0 Å². The Morgan fingerprint density at radius 3 is 2.52 bits per heavy atom. The van der Waals surface area contributed by atoms with Crippen LogP contribution in [0.2, 0.25) is 0 Å². The third-order valence-corrected chi connectivity index (χ3v) is 6.26. The van der Waals surface area contributed by atoms with Crippen LogP contribution in [0, 0.1) is 5.82 Å². The Morgan fingerprint density at radius 2 is 1.79 bits per heavy atom. The summed E-state index contributed by atoms with van der Waals surface area (Å²) in [5.41, 5.74) is 3.40. The molecule has 0 bridgehead atoms. The SMILES string of the molecule is COc1ccc(CN2C(=S)N[C@@H](c3ccccn3)[C@@H]2c2cccn2-c2ccccc2F)cc1. The lowest BCUT2D eigenvalue weighted by Gasteiger charge is -2.29. The molecule has 2 aromatic carbocycles. The second-order valence-corrected chi connectivity index (χ2v) is 8.24. The molecule has 166 valence electrons. The minimum absolute atomic E-state index is 0.183. The summed E-state index contributed by atoms with van der Waals surface area (Å²) in [6.07, 6.45) is 3.66. The molecule has 1 aliphatic rings. The van der Waals surface area contributed by atoms with E-state index in [9.17, 15) is 4.39 Å². The number of hydrogen-bond acceptors (Lipinski definition) is 3. The number of para-hydroxylation sites is 1. The molecular weight excluding hydrogens is 435 g/mol. The summed E-state index contributed by atoms with van der Waals surface area (Å²) in [6.45, 7) is 0.590. The van der Waals surface area contributed by atoms with E-state index in [1.165, 1.54) is 6.07 Å². The summed E-state index contributed by atoms with van der Waals surface area (Å²) in [7, 11) is 1.65. The summed E-state index contributed by atoms with van der Waals surface area (Å²) in [4.78, 5) is 6.73. The van der Waals surface area contributed by atoms with Gasteiger partial charge in [-0.1, -0.05) is 30.3 Å². The molecule has 5 rings (SSSR count). The molecule has 33 heavy (non-hydrogen) atoms. The second kappa shape index (κ2) is 9.03. The van der Waals surface area contributed by atoms with Crippen molar-refractivity contribution < 1.29 is 9.13 Å². The van der Waals surface area contributed by atoms with E-state index in [0.29, 0.717) is 17.3 Å². The maximum Gasteiger partial charge on any atom is 0.170 e. The molecule has 5 nitrogen and oxygen atoms in total. The van der Waals surface area contributed by atoms with Crippen LogP contribution in [0.1, 0.15) is 29.0 Å². The van der Waals surface area contributed by atoms with Crippen LogP contribution in [0.15, 0.2) is 91.3 Å². The first-order valence-corrected chi connectivity index (χ1v) is 11.1. The van der Waals surface area contributed by atoms with Crippen molar-refractivity contribution in [3.63, 3.8) is 0 Å². The predicted molar refractivity (Wildman–Crippen MR) is 130 cm³/mol. The monoisotopic (exact) mass is 458 g/mol. The Morgan fingerprint density at radius 1 is 1.00 bits per heavy atom. The molecule has 2 atom stereocenters. The van der Waals surface area contributed by atoms with E-state index < -0.39 is 0 Å². The Bertz CT molecular complexity index is 1260. The third-order valence-electron chi connectivity index (χ3n) is 5.91. The number of aromatic nitrogens is 2. The van der Waals surface area contributed by atoms with Crippen molar-refractivity contribution in [3.8, 4) is 11.4 Å². The zero-order valence-corrected chi connectivity index (χ0v) is 18.9. The van der Waals surface area contributed by atoms with E-state index in [1.54, 1.807) is 25.4 Å². The number of nitrogens with zero attached hydrogens (tertiary/aromatic N) is 3. The number of benzene rings is 2. The second-order valence-electron chi connectivity index (χ2n) is 7.86. The fourth-order valence-corrected chi connectivity index (χ4v) is 4.63. The number of methoxy groups -OCH3 is 1. The quantitative estimate of drug-likeness (QED) is 0.403. The van der Waals surface area contributed by atoms with Crippen molar-refractivity contribution >= 4 is 17.3 Å². The molecule has 1 fully saturated rings. The van der Waals surface area contributed by atoms with E-state index in [1.807, 2.05) is 71.4 Å². The predicted octanol–water partition coefficient (Wildman–Crippen LogP) is 5.19. The van der Waals surface area contributed by atoms with Gasteiger partial charge in [0.2, 0.25) is 0 Å². The molecule has 3 heterocycles. The molecule has 0 saturated carbocycles. The van der Waals surface area contributed by atoms with Crippen LogP contribution < -0.4 is 10.1 Å². The van der Waals surface area contributed by atoms with E-state index in [0.717, 1.165) is 22.7 Å². The highest BCUT2D eigenvalue weighted by atomic mass is 32.1. The number of thiocarbonyl (C=S) groups is 1. The number of halogens is 1. The Labute approximate surface area is 197 Å². The first kappa shape index (κ1) is 21.2. The van der Waals surface area contributed by atoms with E-state index >= 15 is 0 Å². The van der Waals surface area contributed by atoms with Crippen LogP contribution in [0.25, 0.3) is 5.69 Å². The highest BCUT2D eigenvalue weighted by Crippen LogP contribution is 2.40. The average Bonchev–Trinajstić information content (AvgIpc) is 3.45. The van der Waals surface area contributed by atoms with Gasteiger partial charge in [0, 0.05) is 24.6 Å². The van der Waals surface area contributed by atoms with Crippen LogP contribution in [-0.2, 0) is 6.54 Å². The molecule has 0 amide bonds.